The lowest BCUT2D eigenvalue weighted by Crippen LogP contribution is -2.39. The molecule has 20 heavy (non-hydrogen) atoms. The van der Waals surface area contributed by atoms with Gasteiger partial charge in [0.1, 0.15) is 5.75 Å². The molecule has 1 aliphatic rings. The van der Waals surface area contributed by atoms with Crippen LogP contribution >= 0.6 is 15.9 Å². The number of amides is 1. The Morgan fingerprint density at radius 2 is 2.30 bits per heavy atom. The average Bonchev–Trinajstić information content (AvgIpc) is 2.84. The van der Waals surface area contributed by atoms with Crippen LogP contribution in [0.3, 0.4) is 0 Å². The Bertz CT molecular complexity index is 493. The monoisotopic (exact) mass is 340 g/mol. The van der Waals surface area contributed by atoms with E-state index >= 15 is 0 Å². The van der Waals surface area contributed by atoms with Gasteiger partial charge in [-0.05, 0) is 60.6 Å². The summed E-state index contributed by atoms with van der Waals surface area (Å²) in [5.41, 5.74) is 0.646. The summed E-state index contributed by atoms with van der Waals surface area (Å²) in [5.74, 6) is 0.721. The fraction of sp³-hybridized carbons (Fsp3) is 0.533. The van der Waals surface area contributed by atoms with Crippen molar-refractivity contribution in [3.63, 3.8) is 0 Å². The van der Waals surface area contributed by atoms with E-state index in [1.807, 2.05) is 19.2 Å². The number of carbonyl (C=O) groups is 1. The average molecular weight is 341 g/mol. The van der Waals surface area contributed by atoms with E-state index < -0.39 is 0 Å². The van der Waals surface area contributed by atoms with Gasteiger partial charge in [0.25, 0.3) is 5.91 Å². The normalized spacial score (nSPS) is 19.1. The predicted octanol–water partition coefficient (Wildman–Crippen LogP) is 2.62. The fourth-order valence-electron chi connectivity index (χ4n) is 2.61. The minimum absolute atomic E-state index is 0.0241. The minimum Gasteiger partial charge on any atom is -0.497 e. The van der Waals surface area contributed by atoms with Gasteiger partial charge in [0.15, 0.2) is 0 Å². The molecule has 1 aliphatic heterocycles. The first-order chi connectivity index (χ1) is 9.52. The molecule has 1 fully saturated rings. The van der Waals surface area contributed by atoms with Gasteiger partial charge >= 0.3 is 0 Å². The predicted molar refractivity (Wildman–Crippen MR) is 83.3 cm³/mol. The third-order valence-corrected chi connectivity index (χ3v) is 4.60. The van der Waals surface area contributed by atoms with E-state index in [0.717, 1.165) is 24.0 Å². The number of hydrogen-bond acceptors (Lipinski definition) is 3. The number of hydrogen-bond donors (Lipinski definition) is 0. The third kappa shape index (κ3) is 3.33. The molecule has 2 rings (SSSR count). The van der Waals surface area contributed by atoms with E-state index in [2.05, 4.69) is 27.9 Å². The molecule has 0 spiro atoms. The summed E-state index contributed by atoms with van der Waals surface area (Å²) < 4.78 is 5.99. The lowest BCUT2D eigenvalue weighted by molar-refractivity contribution is 0.0760. The van der Waals surface area contributed by atoms with Crippen molar-refractivity contribution in [2.24, 2.45) is 0 Å². The Morgan fingerprint density at radius 3 is 2.90 bits per heavy atom. The molecular formula is C15H21BrN2O2. The fourth-order valence-corrected chi connectivity index (χ4v) is 3.03. The number of rotatable bonds is 4. The second-order valence-electron chi connectivity index (χ2n) is 5.31. The van der Waals surface area contributed by atoms with Gasteiger partial charge in [-0.2, -0.15) is 0 Å². The van der Waals surface area contributed by atoms with E-state index in [-0.39, 0.29) is 5.91 Å². The molecule has 4 nitrogen and oxygen atoms in total. The second kappa shape index (κ2) is 6.59. The Morgan fingerprint density at radius 1 is 1.55 bits per heavy atom. The number of likely N-dealkylation sites (tertiary alicyclic amines) is 1. The van der Waals surface area contributed by atoms with Crippen LogP contribution in [-0.2, 0) is 0 Å². The maximum atomic E-state index is 12.5. The van der Waals surface area contributed by atoms with Gasteiger partial charge in [-0.3, -0.25) is 4.79 Å². The van der Waals surface area contributed by atoms with Gasteiger partial charge < -0.3 is 14.5 Å². The zero-order valence-electron chi connectivity index (χ0n) is 12.2. The lowest BCUT2D eigenvalue weighted by Gasteiger charge is -2.26. The Hall–Kier alpha value is -1.07. The summed E-state index contributed by atoms with van der Waals surface area (Å²) in [7, 11) is 5.59. The smallest absolute Gasteiger partial charge is 0.254 e. The van der Waals surface area contributed by atoms with Crippen molar-refractivity contribution in [2.75, 3.05) is 34.3 Å². The van der Waals surface area contributed by atoms with Gasteiger partial charge in [0, 0.05) is 24.1 Å². The molecule has 0 saturated carbocycles. The van der Waals surface area contributed by atoms with Crippen molar-refractivity contribution >= 4 is 21.8 Å². The van der Waals surface area contributed by atoms with Crippen molar-refractivity contribution in [1.29, 1.82) is 0 Å². The SMILES string of the molecule is COc1ccc(Br)c(C(=O)N(C)CC2CCCN2C)c1. The van der Waals surface area contributed by atoms with E-state index in [0.29, 0.717) is 17.4 Å². The van der Waals surface area contributed by atoms with Crippen LogP contribution in [0.5, 0.6) is 5.75 Å². The van der Waals surface area contributed by atoms with Crippen molar-refractivity contribution < 1.29 is 9.53 Å². The Balaban J connectivity index is 2.10. The van der Waals surface area contributed by atoms with E-state index in [1.165, 1.54) is 6.42 Å². The lowest BCUT2D eigenvalue weighted by atomic mass is 10.1. The maximum Gasteiger partial charge on any atom is 0.254 e. The Labute approximate surface area is 128 Å². The first-order valence-corrected chi connectivity index (χ1v) is 7.61. The summed E-state index contributed by atoms with van der Waals surface area (Å²) in [6, 6.07) is 5.93. The molecule has 1 aromatic rings. The number of ether oxygens (including phenoxy) is 1. The van der Waals surface area contributed by atoms with E-state index in [9.17, 15) is 4.79 Å². The maximum absolute atomic E-state index is 12.5. The molecule has 1 saturated heterocycles. The van der Waals surface area contributed by atoms with Crippen molar-refractivity contribution in [1.82, 2.24) is 9.80 Å². The molecule has 0 aliphatic carbocycles. The largest absolute Gasteiger partial charge is 0.497 e. The summed E-state index contributed by atoms with van der Waals surface area (Å²) in [6.45, 7) is 1.88. The molecule has 0 aromatic heterocycles. The summed E-state index contributed by atoms with van der Waals surface area (Å²) in [4.78, 5) is 16.7. The zero-order valence-corrected chi connectivity index (χ0v) is 13.8. The quantitative estimate of drug-likeness (QED) is 0.844. The third-order valence-electron chi connectivity index (χ3n) is 3.91. The minimum atomic E-state index is 0.0241. The van der Waals surface area contributed by atoms with Gasteiger partial charge in [0.2, 0.25) is 0 Å². The molecule has 5 heteroatoms. The summed E-state index contributed by atoms with van der Waals surface area (Å²) in [5, 5.41) is 0. The molecule has 1 aromatic carbocycles. The van der Waals surface area contributed by atoms with Crippen LogP contribution in [0.2, 0.25) is 0 Å². The number of carbonyl (C=O) groups excluding carboxylic acids is 1. The molecule has 1 heterocycles. The molecule has 1 amide bonds. The first-order valence-electron chi connectivity index (χ1n) is 6.82. The topological polar surface area (TPSA) is 32.8 Å². The van der Waals surface area contributed by atoms with Crippen LogP contribution in [0.1, 0.15) is 23.2 Å². The standard InChI is InChI=1S/C15H21BrN2O2/c1-17-8-4-5-11(17)10-18(2)15(19)13-9-12(20-3)6-7-14(13)16/h6-7,9,11H,4-5,8,10H2,1-3H3. The van der Waals surface area contributed by atoms with Crippen LogP contribution in [0, 0.1) is 0 Å². The second-order valence-corrected chi connectivity index (χ2v) is 6.16. The van der Waals surface area contributed by atoms with Crippen LogP contribution in [0.4, 0.5) is 0 Å². The van der Waals surface area contributed by atoms with Crippen molar-refractivity contribution in [3.8, 4) is 5.75 Å². The number of halogens is 1. The molecule has 0 N–H and O–H groups in total. The molecular weight excluding hydrogens is 320 g/mol. The number of nitrogens with zero attached hydrogens (tertiary/aromatic N) is 2. The van der Waals surface area contributed by atoms with E-state index in [1.54, 1.807) is 18.1 Å². The van der Waals surface area contributed by atoms with Gasteiger partial charge in [-0.1, -0.05) is 0 Å². The Kier molecular flexibility index (Phi) is 5.05. The van der Waals surface area contributed by atoms with Crippen LogP contribution in [-0.4, -0.2) is 56.0 Å². The van der Waals surface area contributed by atoms with Crippen LogP contribution < -0.4 is 4.74 Å². The van der Waals surface area contributed by atoms with E-state index in [4.69, 9.17) is 4.74 Å². The van der Waals surface area contributed by atoms with Crippen molar-refractivity contribution in [3.05, 3.63) is 28.2 Å². The van der Waals surface area contributed by atoms with Gasteiger partial charge in [-0.15, -0.1) is 0 Å². The number of benzene rings is 1. The highest BCUT2D eigenvalue weighted by Crippen LogP contribution is 2.24. The molecule has 1 atom stereocenters. The first kappa shape index (κ1) is 15.3. The molecule has 0 radical (unpaired) electrons. The molecule has 0 bridgehead atoms. The highest BCUT2D eigenvalue weighted by Gasteiger charge is 2.25. The molecule has 1 unspecified atom stereocenters. The highest BCUT2D eigenvalue weighted by molar-refractivity contribution is 9.10. The number of methoxy groups -OCH3 is 1. The number of likely N-dealkylation sites (N-methyl/N-ethyl adjacent to an activating group) is 2. The highest BCUT2D eigenvalue weighted by atomic mass is 79.9. The van der Waals surface area contributed by atoms with Gasteiger partial charge in [0.05, 0.1) is 12.7 Å². The van der Waals surface area contributed by atoms with Gasteiger partial charge in [-0.25, -0.2) is 0 Å². The molecule has 110 valence electrons. The van der Waals surface area contributed by atoms with Crippen molar-refractivity contribution in [2.45, 2.75) is 18.9 Å². The zero-order chi connectivity index (χ0) is 14.7. The van der Waals surface area contributed by atoms with Crippen LogP contribution in [0.15, 0.2) is 22.7 Å². The summed E-state index contributed by atoms with van der Waals surface area (Å²) in [6.07, 6.45) is 2.37. The van der Waals surface area contributed by atoms with Crippen LogP contribution in [0.25, 0.3) is 0 Å². The summed E-state index contributed by atoms with van der Waals surface area (Å²) >= 11 is 3.44.